The van der Waals surface area contributed by atoms with E-state index in [1.54, 1.807) is 6.20 Å². The molecule has 0 fully saturated rings. The van der Waals surface area contributed by atoms with Gasteiger partial charge in [-0.1, -0.05) is 11.6 Å². The summed E-state index contributed by atoms with van der Waals surface area (Å²) in [4.78, 5) is 4.29. The van der Waals surface area contributed by atoms with E-state index < -0.39 is 0 Å². The highest BCUT2D eigenvalue weighted by atomic mass is 35.5. The Morgan fingerprint density at radius 2 is 2.29 bits per heavy atom. The number of aromatic nitrogens is 2. The summed E-state index contributed by atoms with van der Waals surface area (Å²) >= 11 is 5.87. The minimum absolute atomic E-state index is 0.680. The van der Waals surface area contributed by atoms with Crippen molar-refractivity contribution < 1.29 is 0 Å². The molecular weight excluding hydrogens is 198 g/mol. The smallest absolute Gasteiger partial charge is 0.139 e. The Morgan fingerprint density at radius 3 is 3.00 bits per heavy atom. The summed E-state index contributed by atoms with van der Waals surface area (Å²) in [5, 5.41) is 4.89. The van der Waals surface area contributed by atoms with Crippen molar-refractivity contribution in [2.24, 2.45) is 7.05 Å². The lowest BCUT2D eigenvalue weighted by Gasteiger charge is -2.01. The quantitative estimate of drug-likeness (QED) is 0.820. The van der Waals surface area contributed by atoms with Gasteiger partial charge in [-0.05, 0) is 19.2 Å². The molecule has 0 aliphatic heterocycles. The van der Waals surface area contributed by atoms with Crippen molar-refractivity contribution in [3.05, 3.63) is 29.0 Å². The van der Waals surface area contributed by atoms with Crippen LogP contribution in [0, 0.1) is 0 Å². The standard InChI is InChI=1S/C10H12ClN3/c1-12-6-9-4-7-3-8(11)5-13-10(7)14(9)2/h3-5,12H,6H2,1-2H3. The minimum atomic E-state index is 0.680. The van der Waals surface area contributed by atoms with E-state index in [4.69, 9.17) is 11.6 Å². The molecule has 0 aromatic carbocycles. The van der Waals surface area contributed by atoms with Crippen LogP contribution in [0.5, 0.6) is 0 Å². The Balaban J connectivity index is 2.61. The molecule has 0 saturated carbocycles. The van der Waals surface area contributed by atoms with Gasteiger partial charge < -0.3 is 9.88 Å². The van der Waals surface area contributed by atoms with E-state index in [1.165, 1.54) is 5.69 Å². The average molecular weight is 210 g/mol. The number of rotatable bonds is 2. The number of aryl methyl sites for hydroxylation is 1. The van der Waals surface area contributed by atoms with Crippen molar-refractivity contribution in [3.63, 3.8) is 0 Å². The number of hydrogen-bond acceptors (Lipinski definition) is 2. The Hall–Kier alpha value is -1.06. The van der Waals surface area contributed by atoms with Gasteiger partial charge in [0.25, 0.3) is 0 Å². The lowest BCUT2D eigenvalue weighted by Crippen LogP contribution is -2.08. The fourth-order valence-corrected chi connectivity index (χ4v) is 1.76. The van der Waals surface area contributed by atoms with Gasteiger partial charge in [0.1, 0.15) is 5.65 Å². The summed E-state index contributed by atoms with van der Waals surface area (Å²) in [6.07, 6.45) is 1.67. The Bertz CT molecular complexity index is 462. The van der Waals surface area contributed by atoms with Crippen LogP contribution in [0.25, 0.3) is 11.0 Å². The van der Waals surface area contributed by atoms with Gasteiger partial charge in [-0.25, -0.2) is 4.98 Å². The SMILES string of the molecule is CNCc1cc2cc(Cl)cnc2n1C. The summed E-state index contributed by atoms with van der Waals surface area (Å²) in [6, 6.07) is 4.04. The van der Waals surface area contributed by atoms with Crippen molar-refractivity contribution in [2.45, 2.75) is 6.54 Å². The third-order valence-corrected chi connectivity index (χ3v) is 2.50. The van der Waals surface area contributed by atoms with Crippen molar-refractivity contribution in [2.75, 3.05) is 7.05 Å². The van der Waals surface area contributed by atoms with Gasteiger partial charge in [0.05, 0.1) is 5.02 Å². The second-order valence-electron chi connectivity index (χ2n) is 3.29. The second-order valence-corrected chi connectivity index (χ2v) is 3.73. The highest BCUT2D eigenvalue weighted by molar-refractivity contribution is 6.31. The normalized spacial score (nSPS) is 11.1. The lowest BCUT2D eigenvalue weighted by atomic mass is 10.3. The second kappa shape index (κ2) is 3.59. The zero-order valence-electron chi connectivity index (χ0n) is 8.21. The molecular formula is C10H12ClN3. The van der Waals surface area contributed by atoms with Crippen LogP contribution in [0.4, 0.5) is 0 Å². The van der Waals surface area contributed by atoms with Gasteiger partial charge in [-0.3, -0.25) is 0 Å². The molecule has 14 heavy (non-hydrogen) atoms. The summed E-state index contributed by atoms with van der Waals surface area (Å²) in [7, 11) is 3.94. The predicted molar refractivity (Wildman–Crippen MR) is 58.5 cm³/mol. The van der Waals surface area contributed by atoms with Crippen LogP contribution in [0.15, 0.2) is 18.3 Å². The Labute approximate surface area is 87.7 Å². The number of nitrogens with zero attached hydrogens (tertiary/aromatic N) is 2. The summed E-state index contributed by atoms with van der Waals surface area (Å²) in [6.45, 7) is 0.838. The molecule has 3 nitrogen and oxygen atoms in total. The van der Waals surface area contributed by atoms with Crippen LogP contribution in [0.3, 0.4) is 0 Å². The molecule has 0 amide bonds. The maximum absolute atomic E-state index is 5.87. The molecule has 1 N–H and O–H groups in total. The molecule has 0 spiro atoms. The summed E-state index contributed by atoms with van der Waals surface area (Å²) in [5.74, 6) is 0. The van der Waals surface area contributed by atoms with Crippen molar-refractivity contribution in [1.29, 1.82) is 0 Å². The monoisotopic (exact) mass is 209 g/mol. The van der Waals surface area contributed by atoms with Gasteiger partial charge in [-0.15, -0.1) is 0 Å². The molecule has 2 rings (SSSR count). The zero-order valence-corrected chi connectivity index (χ0v) is 8.97. The van der Waals surface area contributed by atoms with Gasteiger partial charge >= 0.3 is 0 Å². The molecule has 2 heterocycles. The lowest BCUT2D eigenvalue weighted by molar-refractivity contribution is 0.742. The number of pyridine rings is 1. The van der Waals surface area contributed by atoms with Crippen LogP contribution in [0.2, 0.25) is 5.02 Å². The van der Waals surface area contributed by atoms with E-state index in [0.717, 1.165) is 17.6 Å². The maximum Gasteiger partial charge on any atom is 0.139 e. The van der Waals surface area contributed by atoms with E-state index in [2.05, 4.69) is 20.9 Å². The first-order chi connectivity index (χ1) is 6.72. The summed E-state index contributed by atoms with van der Waals surface area (Å²) in [5.41, 5.74) is 2.18. The first-order valence-electron chi connectivity index (χ1n) is 4.47. The molecule has 2 aromatic heterocycles. The maximum atomic E-state index is 5.87. The topological polar surface area (TPSA) is 29.9 Å². The molecule has 0 bridgehead atoms. The number of nitrogens with one attached hydrogen (secondary N) is 1. The van der Waals surface area contributed by atoms with Crippen LogP contribution in [-0.4, -0.2) is 16.6 Å². The van der Waals surface area contributed by atoms with E-state index >= 15 is 0 Å². The first-order valence-corrected chi connectivity index (χ1v) is 4.84. The first kappa shape index (κ1) is 9.49. The van der Waals surface area contributed by atoms with E-state index in [0.29, 0.717) is 5.02 Å². The third-order valence-electron chi connectivity index (χ3n) is 2.29. The van der Waals surface area contributed by atoms with Gasteiger partial charge in [0.15, 0.2) is 0 Å². The Morgan fingerprint density at radius 1 is 1.50 bits per heavy atom. The Kier molecular flexibility index (Phi) is 2.44. The number of fused-ring (bicyclic) bond motifs is 1. The van der Waals surface area contributed by atoms with Crippen molar-refractivity contribution >= 4 is 22.6 Å². The highest BCUT2D eigenvalue weighted by Gasteiger charge is 2.05. The molecule has 74 valence electrons. The minimum Gasteiger partial charge on any atom is -0.331 e. The van der Waals surface area contributed by atoms with E-state index in [-0.39, 0.29) is 0 Å². The molecule has 4 heteroatoms. The molecule has 0 aliphatic carbocycles. The largest absolute Gasteiger partial charge is 0.331 e. The van der Waals surface area contributed by atoms with Crippen molar-refractivity contribution in [1.82, 2.24) is 14.9 Å². The van der Waals surface area contributed by atoms with E-state index in [1.807, 2.05) is 20.2 Å². The van der Waals surface area contributed by atoms with Gasteiger partial charge in [0.2, 0.25) is 0 Å². The number of hydrogen-bond donors (Lipinski definition) is 1. The predicted octanol–water partition coefficient (Wildman–Crippen LogP) is 1.95. The third kappa shape index (κ3) is 1.49. The molecule has 0 saturated heterocycles. The van der Waals surface area contributed by atoms with Crippen LogP contribution < -0.4 is 5.32 Å². The van der Waals surface area contributed by atoms with Crippen LogP contribution in [-0.2, 0) is 13.6 Å². The van der Waals surface area contributed by atoms with Crippen LogP contribution >= 0.6 is 11.6 Å². The fourth-order valence-electron chi connectivity index (χ4n) is 1.60. The van der Waals surface area contributed by atoms with Crippen molar-refractivity contribution in [3.8, 4) is 0 Å². The molecule has 0 aliphatic rings. The van der Waals surface area contributed by atoms with Gasteiger partial charge in [-0.2, -0.15) is 0 Å². The summed E-state index contributed by atoms with van der Waals surface area (Å²) < 4.78 is 2.07. The van der Waals surface area contributed by atoms with Gasteiger partial charge in [0, 0.05) is 30.9 Å². The molecule has 0 atom stereocenters. The fraction of sp³-hybridized carbons (Fsp3) is 0.300. The molecule has 0 unspecified atom stereocenters. The van der Waals surface area contributed by atoms with E-state index in [9.17, 15) is 0 Å². The highest BCUT2D eigenvalue weighted by Crippen LogP contribution is 2.19. The molecule has 2 aromatic rings. The average Bonchev–Trinajstić information content (AvgIpc) is 2.44. The number of halogens is 1. The van der Waals surface area contributed by atoms with Crippen LogP contribution in [0.1, 0.15) is 5.69 Å². The molecule has 0 radical (unpaired) electrons. The zero-order chi connectivity index (χ0) is 10.1.